The normalized spacial score (nSPS) is 14.5. The summed E-state index contributed by atoms with van der Waals surface area (Å²) in [4.78, 5) is 16.5. The van der Waals surface area contributed by atoms with Gasteiger partial charge in [-0.05, 0) is 46.8 Å². The molecular weight excluding hydrogens is 403 g/mol. The Morgan fingerprint density at radius 3 is 2.45 bits per heavy atom. The Morgan fingerprint density at radius 1 is 1.03 bits per heavy atom. The maximum absolute atomic E-state index is 13.2. The molecular formula is C21H23FN6O3. The van der Waals surface area contributed by atoms with E-state index in [0.29, 0.717) is 55.7 Å². The lowest BCUT2D eigenvalue weighted by Gasteiger charge is -2.34. The molecule has 0 aliphatic carbocycles. The van der Waals surface area contributed by atoms with Crippen molar-refractivity contribution in [3.63, 3.8) is 0 Å². The quantitative estimate of drug-likeness (QED) is 0.566. The van der Waals surface area contributed by atoms with Crippen molar-refractivity contribution in [1.29, 1.82) is 0 Å². The van der Waals surface area contributed by atoms with Gasteiger partial charge in [-0.2, -0.15) is 4.68 Å². The van der Waals surface area contributed by atoms with E-state index < -0.39 is 0 Å². The van der Waals surface area contributed by atoms with Crippen molar-refractivity contribution in [1.82, 2.24) is 30.0 Å². The number of rotatable bonds is 7. The van der Waals surface area contributed by atoms with Crippen molar-refractivity contribution in [3.05, 3.63) is 60.2 Å². The molecule has 10 heteroatoms. The first-order chi connectivity index (χ1) is 15.1. The van der Waals surface area contributed by atoms with Gasteiger partial charge in [0, 0.05) is 26.2 Å². The van der Waals surface area contributed by atoms with Gasteiger partial charge in [0.2, 0.25) is 0 Å². The lowest BCUT2D eigenvalue weighted by atomic mass is 10.3. The molecule has 0 saturated carbocycles. The second kappa shape index (κ2) is 9.52. The number of tetrazole rings is 1. The maximum Gasteiger partial charge on any atom is 0.260 e. The highest BCUT2D eigenvalue weighted by Gasteiger charge is 2.23. The molecule has 2 aromatic carbocycles. The van der Waals surface area contributed by atoms with Crippen molar-refractivity contribution in [3.8, 4) is 17.2 Å². The van der Waals surface area contributed by atoms with Gasteiger partial charge in [0.05, 0.1) is 19.3 Å². The average Bonchev–Trinajstić information content (AvgIpc) is 3.26. The van der Waals surface area contributed by atoms with Crippen LogP contribution >= 0.6 is 0 Å². The van der Waals surface area contributed by atoms with E-state index in [1.165, 1.54) is 12.1 Å². The number of carbonyl (C=O) groups is 1. The van der Waals surface area contributed by atoms with Gasteiger partial charge < -0.3 is 14.4 Å². The highest BCUT2D eigenvalue weighted by Crippen LogP contribution is 2.25. The molecule has 0 spiro atoms. The zero-order chi connectivity index (χ0) is 21.6. The molecule has 3 aromatic rings. The van der Waals surface area contributed by atoms with Crippen LogP contribution in [0.15, 0.2) is 48.5 Å². The predicted molar refractivity (Wildman–Crippen MR) is 109 cm³/mol. The molecule has 0 bridgehead atoms. The summed E-state index contributed by atoms with van der Waals surface area (Å²) in [5.74, 6) is 1.42. The van der Waals surface area contributed by atoms with Crippen LogP contribution in [0.5, 0.6) is 11.5 Å². The van der Waals surface area contributed by atoms with Gasteiger partial charge in [0.1, 0.15) is 5.82 Å². The Bertz CT molecular complexity index is 1020. The van der Waals surface area contributed by atoms with Gasteiger partial charge in [0.15, 0.2) is 23.9 Å². The minimum atomic E-state index is -0.311. The van der Waals surface area contributed by atoms with Gasteiger partial charge >= 0.3 is 0 Å². The second-order valence-corrected chi connectivity index (χ2v) is 7.08. The van der Waals surface area contributed by atoms with Crippen molar-refractivity contribution in [2.75, 3.05) is 39.9 Å². The van der Waals surface area contributed by atoms with E-state index in [1.807, 2.05) is 12.1 Å². The monoisotopic (exact) mass is 426 g/mol. The largest absolute Gasteiger partial charge is 0.493 e. The third kappa shape index (κ3) is 4.97. The molecule has 4 rings (SSSR count). The molecule has 2 heterocycles. The van der Waals surface area contributed by atoms with E-state index in [1.54, 1.807) is 41.0 Å². The lowest BCUT2D eigenvalue weighted by Crippen LogP contribution is -2.49. The third-order valence-corrected chi connectivity index (χ3v) is 5.12. The van der Waals surface area contributed by atoms with Crippen LogP contribution in [-0.2, 0) is 11.3 Å². The van der Waals surface area contributed by atoms with Gasteiger partial charge in [0.25, 0.3) is 5.91 Å². The first kappa shape index (κ1) is 20.7. The number of amides is 1. The predicted octanol–water partition coefficient (Wildman–Crippen LogP) is 1.53. The van der Waals surface area contributed by atoms with E-state index in [0.717, 1.165) is 0 Å². The van der Waals surface area contributed by atoms with Gasteiger partial charge in [-0.1, -0.05) is 12.1 Å². The number of benzene rings is 2. The highest BCUT2D eigenvalue weighted by molar-refractivity contribution is 5.78. The highest BCUT2D eigenvalue weighted by atomic mass is 19.1. The molecule has 1 amide bonds. The third-order valence-electron chi connectivity index (χ3n) is 5.12. The van der Waals surface area contributed by atoms with Crippen LogP contribution in [-0.4, -0.2) is 75.8 Å². The van der Waals surface area contributed by atoms with Crippen LogP contribution < -0.4 is 9.47 Å². The zero-order valence-corrected chi connectivity index (χ0v) is 17.1. The molecule has 1 aliphatic heterocycles. The fourth-order valence-electron chi connectivity index (χ4n) is 3.41. The van der Waals surface area contributed by atoms with Crippen molar-refractivity contribution < 1.29 is 18.7 Å². The number of para-hydroxylation sites is 2. The minimum absolute atomic E-state index is 0.0385. The van der Waals surface area contributed by atoms with E-state index in [2.05, 4.69) is 20.4 Å². The number of nitrogens with zero attached hydrogens (tertiary/aromatic N) is 6. The SMILES string of the molecule is COc1ccccc1OCC(=O)N1CCN(Cc2nnnn2-c2ccc(F)cc2)CC1. The summed E-state index contributed by atoms with van der Waals surface area (Å²) in [7, 11) is 1.57. The number of aromatic nitrogens is 4. The lowest BCUT2D eigenvalue weighted by molar-refractivity contribution is -0.135. The van der Waals surface area contributed by atoms with Gasteiger partial charge in [-0.15, -0.1) is 5.10 Å². The van der Waals surface area contributed by atoms with Crippen LogP contribution in [0.2, 0.25) is 0 Å². The summed E-state index contributed by atoms with van der Waals surface area (Å²) in [5, 5.41) is 11.9. The Balaban J connectivity index is 1.29. The molecule has 0 unspecified atom stereocenters. The number of carbonyl (C=O) groups excluding carboxylic acids is 1. The molecule has 1 saturated heterocycles. The van der Waals surface area contributed by atoms with Crippen LogP contribution in [0.25, 0.3) is 5.69 Å². The topological polar surface area (TPSA) is 85.6 Å². The van der Waals surface area contributed by atoms with Crippen LogP contribution in [0.1, 0.15) is 5.82 Å². The molecule has 1 aromatic heterocycles. The minimum Gasteiger partial charge on any atom is -0.493 e. The molecule has 1 fully saturated rings. The fourth-order valence-corrected chi connectivity index (χ4v) is 3.41. The number of ether oxygens (including phenoxy) is 2. The van der Waals surface area contributed by atoms with E-state index in [4.69, 9.17) is 9.47 Å². The molecule has 31 heavy (non-hydrogen) atoms. The molecule has 9 nitrogen and oxygen atoms in total. The van der Waals surface area contributed by atoms with E-state index in [9.17, 15) is 9.18 Å². The van der Waals surface area contributed by atoms with Crippen LogP contribution in [0, 0.1) is 5.82 Å². The molecule has 0 N–H and O–H groups in total. The Hall–Kier alpha value is -3.53. The Kier molecular flexibility index (Phi) is 6.37. The molecule has 0 atom stereocenters. The second-order valence-electron chi connectivity index (χ2n) is 7.08. The molecule has 162 valence electrons. The van der Waals surface area contributed by atoms with Gasteiger partial charge in [-0.3, -0.25) is 9.69 Å². The van der Waals surface area contributed by atoms with E-state index >= 15 is 0 Å². The smallest absolute Gasteiger partial charge is 0.260 e. The standard InChI is InChI=1S/C21H23FN6O3/c1-30-18-4-2-3-5-19(18)31-15-21(29)27-12-10-26(11-13-27)14-20-23-24-25-28(20)17-8-6-16(22)7-9-17/h2-9H,10-15H2,1H3. The maximum atomic E-state index is 13.2. The number of piperazine rings is 1. The Morgan fingerprint density at radius 2 is 1.74 bits per heavy atom. The summed E-state index contributed by atoms with van der Waals surface area (Å²) >= 11 is 0. The number of methoxy groups -OCH3 is 1. The number of hydrogen-bond acceptors (Lipinski definition) is 7. The van der Waals surface area contributed by atoms with Crippen molar-refractivity contribution in [2.24, 2.45) is 0 Å². The molecule has 0 radical (unpaired) electrons. The van der Waals surface area contributed by atoms with Crippen molar-refractivity contribution in [2.45, 2.75) is 6.54 Å². The zero-order valence-electron chi connectivity index (χ0n) is 17.1. The Labute approximate surface area is 179 Å². The molecule has 1 aliphatic rings. The number of halogens is 1. The van der Waals surface area contributed by atoms with Crippen LogP contribution in [0.3, 0.4) is 0 Å². The first-order valence-corrected chi connectivity index (χ1v) is 9.93. The summed E-state index contributed by atoms with van der Waals surface area (Å²) in [5.41, 5.74) is 0.698. The summed E-state index contributed by atoms with van der Waals surface area (Å²) in [6, 6.07) is 13.3. The van der Waals surface area contributed by atoms with E-state index in [-0.39, 0.29) is 18.3 Å². The summed E-state index contributed by atoms with van der Waals surface area (Å²) in [6.45, 7) is 3.05. The summed E-state index contributed by atoms with van der Waals surface area (Å²) in [6.07, 6.45) is 0. The van der Waals surface area contributed by atoms with Gasteiger partial charge in [-0.25, -0.2) is 4.39 Å². The van der Waals surface area contributed by atoms with Crippen LogP contribution in [0.4, 0.5) is 4.39 Å². The number of hydrogen-bond donors (Lipinski definition) is 0. The van der Waals surface area contributed by atoms with Crippen molar-refractivity contribution >= 4 is 5.91 Å². The summed E-state index contributed by atoms with van der Waals surface area (Å²) < 4.78 is 25.7. The first-order valence-electron chi connectivity index (χ1n) is 9.93. The fraction of sp³-hybridized carbons (Fsp3) is 0.333. The average molecular weight is 426 g/mol.